The molecule has 1 heterocycles. The summed E-state index contributed by atoms with van der Waals surface area (Å²) in [6.07, 6.45) is 1.74. The first kappa shape index (κ1) is 11.4. The number of hydrogen-bond donors (Lipinski definition) is 1. The zero-order valence-electron chi connectivity index (χ0n) is 10.2. The standard InChI is InChI=1S/C16H12N2O/c17-14-6-2-1-5-13(14)16(19)12-7-8-15-11(10-12)4-3-9-18-15/h1-10H,17H2. The van der Waals surface area contributed by atoms with Gasteiger partial charge in [0.2, 0.25) is 0 Å². The van der Waals surface area contributed by atoms with Crippen LogP contribution in [0.5, 0.6) is 0 Å². The van der Waals surface area contributed by atoms with Gasteiger partial charge in [-0.25, -0.2) is 0 Å². The number of para-hydroxylation sites is 1. The minimum atomic E-state index is -0.0659. The molecule has 2 N–H and O–H groups in total. The lowest BCUT2D eigenvalue weighted by atomic mass is 10.0. The van der Waals surface area contributed by atoms with E-state index >= 15 is 0 Å². The lowest BCUT2D eigenvalue weighted by Crippen LogP contribution is -2.05. The number of ketones is 1. The monoisotopic (exact) mass is 248 g/mol. The molecule has 0 unspecified atom stereocenters. The number of aromatic nitrogens is 1. The van der Waals surface area contributed by atoms with Crippen LogP contribution in [0.1, 0.15) is 15.9 Å². The Morgan fingerprint density at radius 3 is 2.68 bits per heavy atom. The second-order valence-corrected chi connectivity index (χ2v) is 4.33. The highest BCUT2D eigenvalue weighted by atomic mass is 16.1. The third-order valence-electron chi connectivity index (χ3n) is 3.07. The number of carbonyl (C=O) groups excluding carboxylic acids is 1. The van der Waals surface area contributed by atoms with E-state index in [-0.39, 0.29) is 5.78 Å². The number of rotatable bonds is 2. The molecule has 0 fully saturated rings. The van der Waals surface area contributed by atoms with Crippen molar-refractivity contribution >= 4 is 22.4 Å². The summed E-state index contributed by atoms with van der Waals surface area (Å²) in [5.41, 5.74) is 8.37. The molecule has 0 spiro atoms. The van der Waals surface area contributed by atoms with Gasteiger partial charge in [0.05, 0.1) is 5.52 Å². The predicted molar refractivity (Wildman–Crippen MR) is 76.0 cm³/mol. The molecule has 0 saturated heterocycles. The van der Waals surface area contributed by atoms with Crippen molar-refractivity contribution in [1.29, 1.82) is 0 Å². The number of nitrogen functional groups attached to an aromatic ring is 1. The second kappa shape index (κ2) is 4.53. The van der Waals surface area contributed by atoms with Crippen molar-refractivity contribution in [1.82, 2.24) is 4.98 Å². The molecule has 0 bridgehead atoms. The topological polar surface area (TPSA) is 56.0 Å². The quantitative estimate of drug-likeness (QED) is 0.560. The molecular formula is C16H12N2O. The molecular weight excluding hydrogens is 236 g/mol. The van der Waals surface area contributed by atoms with Crippen molar-refractivity contribution in [3.8, 4) is 0 Å². The summed E-state index contributed by atoms with van der Waals surface area (Å²) in [7, 11) is 0. The van der Waals surface area contributed by atoms with E-state index in [4.69, 9.17) is 5.73 Å². The smallest absolute Gasteiger partial charge is 0.195 e. The van der Waals surface area contributed by atoms with E-state index in [0.29, 0.717) is 16.8 Å². The van der Waals surface area contributed by atoms with Gasteiger partial charge in [-0.1, -0.05) is 18.2 Å². The number of carbonyl (C=O) groups is 1. The van der Waals surface area contributed by atoms with Gasteiger partial charge in [0.1, 0.15) is 0 Å². The van der Waals surface area contributed by atoms with Crippen LogP contribution >= 0.6 is 0 Å². The summed E-state index contributed by atoms with van der Waals surface area (Å²) in [6, 6.07) is 16.4. The van der Waals surface area contributed by atoms with Crippen LogP contribution in [0.25, 0.3) is 10.9 Å². The molecule has 3 rings (SSSR count). The summed E-state index contributed by atoms with van der Waals surface area (Å²) < 4.78 is 0. The number of benzene rings is 2. The van der Waals surface area contributed by atoms with Gasteiger partial charge >= 0.3 is 0 Å². The van der Waals surface area contributed by atoms with Crippen molar-refractivity contribution < 1.29 is 4.79 Å². The van der Waals surface area contributed by atoms with E-state index in [9.17, 15) is 4.79 Å². The molecule has 0 atom stereocenters. The molecule has 0 saturated carbocycles. The average Bonchev–Trinajstić information content (AvgIpc) is 2.46. The molecule has 1 aromatic heterocycles. The molecule has 0 amide bonds. The normalized spacial score (nSPS) is 10.5. The summed E-state index contributed by atoms with van der Waals surface area (Å²) in [5, 5.41) is 0.947. The number of hydrogen-bond acceptors (Lipinski definition) is 3. The number of nitrogens with zero attached hydrogens (tertiary/aromatic N) is 1. The summed E-state index contributed by atoms with van der Waals surface area (Å²) in [6.45, 7) is 0. The minimum absolute atomic E-state index is 0.0659. The van der Waals surface area contributed by atoms with Crippen molar-refractivity contribution in [3.63, 3.8) is 0 Å². The van der Waals surface area contributed by atoms with Gasteiger partial charge in [-0.15, -0.1) is 0 Å². The van der Waals surface area contributed by atoms with E-state index < -0.39 is 0 Å². The maximum atomic E-state index is 12.4. The first-order valence-corrected chi connectivity index (χ1v) is 6.00. The van der Waals surface area contributed by atoms with Crippen molar-refractivity contribution in [3.05, 3.63) is 71.9 Å². The fraction of sp³-hybridized carbons (Fsp3) is 0. The predicted octanol–water partition coefficient (Wildman–Crippen LogP) is 3.05. The van der Waals surface area contributed by atoms with Crippen LogP contribution in [-0.2, 0) is 0 Å². The Labute approximate surface area is 110 Å². The van der Waals surface area contributed by atoms with Crippen LogP contribution < -0.4 is 5.73 Å². The Hall–Kier alpha value is -2.68. The zero-order chi connectivity index (χ0) is 13.2. The van der Waals surface area contributed by atoms with E-state index in [1.54, 1.807) is 24.4 Å². The fourth-order valence-corrected chi connectivity index (χ4v) is 2.08. The van der Waals surface area contributed by atoms with Crippen molar-refractivity contribution in [2.75, 3.05) is 5.73 Å². The summed E-state index contributed by atoms with van der Waals surface area (Å²) in [4.78, 5) is 16.6. The number of fused-ring (bicyclic) bond motifs is 1. The van der Waals surface area contributed by atoms with Gasteiger partial charge in [0, 0.05) is 28.4 Å². The maximum absolute atomic E-state index is 12.4. The van der Waals surface area contributed by atoms with Crippen LogP contribution in [0, 0.1) is 0 Å². The molecule has 0 aliphatic carbocycles. The van der Waals surface area contributed by atoms with E-state index in [0.717, 1.165) is 10.9 Å². The van der Waals surface area contributed by atoms with Crippen LogP contribution in [0.15, 0.2) is 60.8 Å². The van der Waals surface area contributed by atoms with Crippen LogP contribution in [0.3, 0.4) is 0 Å². The Balaban J connectivity index is 2.09. The molecule has 0 aliphatic heterocycles. The first-order valence-electron chi connectivity index (χ1n) is 6.00. The first-order chi connectivity index (χ1) is 9.25. The van der Waals surface area contributed by atoms with Gasteiger partial charge in [0.25, 0.3) is 0 Å². The molecule has 3 heteroatoms. The number of anilines is 1. The van der Waals surface area contributed by atoms with Gasteiger partial charge < -0.3 is 5.73 Å². The Morgan fingerprint density at radius 2 is 1.84 bits per heavy atom. The largest absolute Gasteiger partial charge is 0.398 e. The highest BCUT2D eigenvalue weighted by Gasteiger charge is 2.12. The summed E-state index contributed by atoms with van der Waals surface area (Å²) >= 11 is 0. The third kappa shape index (κ3) is 2.06. The van der Waals surface area contributed by atoms with Crippen molar-refractivity contribution in [2.24, 2.45) is 0 Å². The number of nitrogens with two attached hydrogens (primary N) is 1. The fourth-order valence-electron chi connectivity index (χ4n) is 2.08. The Morgan fingerprint density at radius 1 is 1.00 bits per heavy atom. The molecule has 3 nitrogen and oxygen atoms in total. The molecule has 19 heavy (non-hydrogen) atoms. The molecule has 0 radical (unpaired) electrons. The number of pyridine rings is 1. The van der Waals surface area contributed by atoms with Crippen LogP contribution in [0.4, 0.5) is 5.69 Å². The maximum Gasteiger partial charge on any atom is 0.195 e. The lowest BCUT2D eigenvalue weighted by Gasteiger charge is -2.05. The van der Waals surface area contributed by atoms with E-state index in [1.807, 2.05) is 36.4 Å². The molecule has 0 aliphatic rings. The molecule has 2 aromatic carbocycles. The third-order valence-corrected chi connectivity index (χ3v) is 3.07. The van der Waals surface area contributed by atoms with Gasteiger partial charge in [-0.2, -0.15) is 0 Å². The highest BCUT2D eigenvalue weighted by Crippen LogP contribution is 2.19. The van der Waals surface area contributed by atoms with Gasteiger partial charge in [0.15, 0.2) is 5.78 Å². The minimum Gasteiger partial charge on any atom is -0.398 e. The van der Waals surface area contributed by atoms with Gasteiger partial charge in [-0.3, -0.25) is 9.78 Å². The van der Waals surface area contributed by atoms with E-state index in [2.05, 4.69) is 4.98 Å². The molecule has 3 aromatic rings. The van der Waals surface area contributed by atoms with Gasteiger partial charge in [-0.05, 0) is 36.4 Å². The molecule has 92 valence electrons. The lowest BCUT2D eigenvalue weighted by molar-refractivity contribution is 0.103. The summed E-state index contributed by atoms with van der Waals surface area (Å²) in [5.74, 6) is -0.0659. The van der Waals surface area contributed by atoms with Crippen LogP contribution in [-0.4, -0.2) is 10.8 Å². The zero-order valence-corrected chi connectivity index (χ0v) is 10.2. The SMILES string of the molecule is Nc1ccccc1C(=O)c1ccc2ncccc2c1. The second-order valence-electron chi connectivity index (χ2n) is 4.33. The average molecular weight is 248 g/mol. The van der Waals surface area contributed by atoms with Crippen LogP contribution in [0.2, 0.25) is 0 Å². The van der Waals surface area contributed by atoms with E-state index in [1.165, 1.54) is 0 Å². The Bertz CT molecular complexity index is 765. The highest BCUT2D eigenvalue weighted by molar-refractivity contribution is 6.13. The Kier molecular flexibility index (Phi) is 2.72. The van der Waals surface area contributed by atoms with Crippen molar-refractivity contribution in [2.45, 2.75) is 0 Å².